The number of ether oxygens (including phenoxy) is 3. The summed E-state index contributed by atoms with van der Waals surface area (Å²) in [6.45, 7) is 9.34. The summed E-state index contributed by atoms with van der Waals surface area (Å²) in [6.07, 6.45) is 0.214. The lowest BCUT2D eigenvalue weighted by molar-refractivity contribution is -0.140. The van der Waals surface area contributed by atoms with Gasteiger partial charge >= 0.3 is 0 Å². The molecule has 0 aromatic heterocycles. The zero-order valence-corrected chi connectivity index (χ0v) is 30.6. The van der Waals surface area contributed by atoms with E-state index in [9.17, 15) is 18.0 Å². The number of methoxy groups -OCH3 is 2. The van der Waals surface area contributed by atoms with E-state index in [0.29, 0.717) is 18.1 Å². The number of hydrogen-bond donors (Lipinski definition) is 1. The van der Waals surface area contributed by atoms with Gasteiger partial charge in [-0.15, -0.1) is 0 Å². The van der Waals surface area contributed by atoms with Crippen LogP contribution in [0.4, 0.5) is 5.69 Å². The molecule has 50 heavy (non-hydrogen) atoms. The maximum Gasteiger partial charge on any atom is 0.264 e. The SMILES string of the molecule is CCOc1ccc(N(CC(=O)N(Cc2cccc(C)c2)[C@H](Cc2ccccc2)C(=O)NC(C)(C)C)S(=O)(=O)c2ccc(OC)c(OC)c2)cc1. The molecule has 0 unspecified atom stereocenters. The van der Waals surface area contributed by atoms with Gasteiger partial charge in [0.15, 0.2) is 11.5 Å². The van der Waals surface area contributed by atoms with Crippen LogP contribution in [0.5, 0.6) is 17.2 Å². The highest BCUT2D eigenvalue weighted by Crippen LogP contribution is 2.33. The Balaban J connectivity index is 1.85. The minimum Gasteiger partial charge on any atom is -0.494 e. The van der Waals surface area contributed by atoms with Crippen molar-refractivity contribution in [2.24, 2.45) is 0 Å². The number of hydrogen-bond acceptors (Lipinski definition) is 7. The second kappa shape index (κ2) is 16.6. The Bertz CT molecular complexity index is 1860. The molecule has 0 aliphatic rings. The van der Waals surface area contributed by atoms with Crippen LogP contribution in [0.15, 0.2) is 102 Å². The molecule has 10 nitrogen and oxygen atoms in total. The number of benzene rings is 4. The number of nitrogens with zero attached hydrogens (tertiary/aromatic N) is 2. The summed E-state index contributed by atoms with van der Waals surface area (Å²) in [5.41, 5.74) is 2.29. The van der Waals surface area contributed by atoms with Crippen LogP contribution in [0.3, 0.4) is 0 Å². The van der Waals surface area contributed by atoms with Crippen molar-refractivity contribution in [3.63, 3.8) is 0 Å². The van der Waals surface area contributed by atoms with Gasteiger partial charge in [-0.1, -0.05) is 60.2 Å². The van der Waals surface area contributed by atoms with Crippen LogP contribution < -0.4 is 23.8 Å². The maximum absolute atomic E-state index is 14.8. The fraction of sp³-hybridized carbons (Fsp3) is 0.333. The van der Waals surface area contributed by atoms with E-state index in [1.807, 2.05) is 89.2 Å². The van der Waals surface area contributed by atoms with E-state index in [-0.39, 0.29) is 35.2 Å². The molecule has 11 heteroatoms. The molecule has 4 aromatic carbocycles. The number of carbonyl (C=O) groups is 2. The van der Waals surface area contributed by atoms with Gasteiger partial charge in [-0.25, -0.2) is 8.42 Å². The van der Waals surface area contributed by atoms with Gasteiger partial charge in [0.25, 0.3) is 10.0 Å². The summed E-state index contributed by atoms with van der Waals surface area (Å²) in [5.74, 6) is 0.212. The zero-order chi connectivity index (χ0) is 36.5. The van der Waals surface area contributed by atoms with Gasteiger partial charge in [-0.2, -0.15) is 0 Å². The largest absolute Gasteiger partial charge is 0.494 e. The summed E-state index contributed by atoms with van der Waals surface area (Å²) >= 11 is 0. The van der Waals surface area contributed by atoms with Crippen LogP contribution in [0.2, 0.25) is 0 Å². The fourth-order valence-corrected chi connectivity index (χ4v) is 6.95. The quantitative estimate of drug-likeness (QED) is 0.158. The molecule has 0 spiro atoms. The van der Waals surface area contributed by atoms with E-state index in [0.717, 1.165) is 21.0 Å². The lowest BCUT2D eigenvalue weighted by Crippen LogP contribution is -2.56. The standard InChI is InChI=1S/C39H47N3O7S/c1-8-49-32-19-17-31(18-20-32)42(50(45,46)33-21-22-35(47-6)36(25-33)48-7)27-37(43)41(26-30-16-12-13-28(2)23-30)34(38(44)40-39(3,4)5)24-29-14-10-9-11-15-29/h9-23,25,34H,8,24,26-27H2,1-7H3,(H,40,44)/t34-/m1/s1. The van der Waals surface area contributed by atoms with Gasteiger partial charge < -0.3 is 24.4 Å². The number of carbonyl (C=O) groups excluding carboxylic acids is 2. The molecule has 0 aliphatic carbocycles. The van der Waals surface area contributed by atoms with Crippen molar-refractivity contribution in [3.05, 3.63) is 114 Å². The molecule has 0 saturated carbocycles. The molecular weight excluding hydrogens is 655 g/mol. The van der Waals surface area contributed by atoms with Crippen molar-refractivity contribution in [2.45, 2.75) is 64.1 Å². The third-order valence-electron chi connectivity index (χ3n) is 7.86. The smallest absolute Gasteiger partial charge is 0.264 e. The first-order chi connectivity index (χ1) is 23.7. The molecule has 0 fully saturated rings. The van der Waals surface area contributed by atoms with Gasteiger partial charge in [-0.05, 0) is 82.1 Å². The summed E-state index contributed by atoms with van der Waals surface area (Å²) in [6, 6.07) is 26.9. The first-order valence-electron chi connectivity index (χ1n) is 16.4. The minimum absolute atomic E-state index is 0.0725. The highest BCUT2D eigenvalue weighted by Gasteiger charge is 2.36. The van der Waals surface area contributed by atoms with Crippen molar-refractivity contribution in [1.82, 2.24) is 10.2 Å². The molecule has 1 N–H and O–H groups in total. The number of anilines is 1. The van der Waals surface area contributed by atoms with Crippen LogP contribution in [0.1, 0.15) is 44.4 Å². The van der Waals surface area contributed by atoms with Crippen LogP contribution in [0, 0.1) is 6.92 Å². The number of sulfonamides is 1. The number of aryl methyl sites for hydroxylation is 1. The van der Waals surface area contributed by atoms with Crippen molar-refractivity contribution in [3.8, 4) is 17.2 Å². The topological polar surface area (TPSA) is 114 Å². The molecule has 266 valence electrons. The lowest BCUT2D eigenvalue weighted by atomic mass is 10.0. The highest BCUT2D eigenvalue weighted by molar-refractivity contribution is 7.92. The summed E-state index contributed by atoms with van der Waals surface area (Å²) in [4.78, 5) is 30.2. The molecule has 0 saturated heterocycles. The monoisotopic (exact) mass is 701 g/mol. The van der Waals surface area contributed by atoms with E-state index >= 15 is 0 Å². The molecule has 4 aromatic rings. The normalized spacial score (nSPS) is 12.1. The Hall–Kier alpha value is -5.03. The van der Waals surface area contributed by atoms with E-state index in [1.165, 1.54) is 37.3 Å². The zero-order valence-electron chi connectivity index (χ0n) is 29.8. The number of rotatable bonds is 15. The van der Waals surface area contributed by atoms with Gasteiger partial charge in [0.05, 0.1) is 31.4 Å². The Morgan fingerprint density at radius 3 is 2.08 bits per heavy atom. The van der Waals surface area contributed by atoms with Crippen molar-refractivity contribution < 1.29 is 32.2 Å². The second-order valence-electron chi connectivity index (χ2n) is 12.9. The number of nitrogens with one attached hydrogen (secondary N) is 1. The Labute approximate surface area is 296 Å². The number of amides is 2. The summed E-state index contributed by atoms with van der Waals surface area (Å²) in [5, 5.41) is 3.05. The molecule has 1 atom stereocenters. The molecule has 0 aliphatic heterocycles. The first-order valence-corrected chi connectivity index (χ1v) is 17.9. The molecule has 0 bridgehead atoms. The van der Waals surface area contributed by atoms with Gasteiger partial charge in [0, 0.05) is 24.6 Å². The third-order valence-corrected chi connectivity index (χ3v) is 9.63. The van der Waals surface area contributed by atoms with Crippen molar-refractivity contribution in [2.75, 3.05) is 31.7 Å². The summed E-state index contributed by atoms with van der Waals surface area (Å²) in [7, 11) is -1.49. The summed E-state index contributed by atoms with van der Waals surface area (Å²) < 4.78 is 46.4. The van der Waals surface area contributed by atoms with E-state index in [4.69, 9.17) is 14.2 Å². The van der Waals surface area contributed by atoms with E-state index in [2.05, 4.69) is 5.32 Å². The maximum atomic E-state index is 14.8. The average Bonchev–Trinajstić information content (AvgIpc) is 3.08. The molecule has 4 rings (SSSR count). The van der Waals surface area contributed by atoms with Gasteiger partial charge in [-0.3, -0.25) is 13.9 Å². The fourth-order valence-electron chi connectivity index (χ4n) is 5.52. The third kappa shape index (κ3) is 9.78. The van der Waals surface area contributed by atoms with Crippen LogP contribution >= 0.6 is 0 Å². The Morgan fingerprint density at radius 1 is 0.820 bits per heavy atom. The predicted molar refractivity (Wildman–Crippen MR) is 195 cm³/mol. The van der Waals surface area contributed by atoms with Crippen LogP contribution in [-0.4, -0.2) is 64.1 Å². The molecule has 0 radical (unpaired) electrons. The second-order valence-corrected chi connectivity index (χ2v) is 14.8. The van der Waals surface area contributed by atoms with Crippen LogP contribution in [-0.2, 0) is 32.6 Å². The van der Waals surface area contributed by atoms with E-state index < -0.39 is 34.1 Å². The van der Waals surface area contributed by atoms with Crippen LogP contribution in [0.25, 0.3) is 0 Å². The highest BCUT2D eigenvalue weighted by atomic mass is 32.2. The molecular formula is C39H47N3O7S. The molecule has 0 heterocycles. The minimum atomic E-state index is -4.37. The average molecular weight is 702 g/mol. The first kappa shape index (κ1) is 37.8. The van der Waals surface area contributed by atoms with Crippen molar-refractivity contribution in [1.29, 1.82) is 0 Å². The predicted octanol–water partition coefficient (Wildman–Crippen LogP) is 6.16. The van der Waals surface area contributed by atoms with Gasteiger partial charge in [0.2, 0.25) is 11.8 Å². The van der Waals surface area contributed by atoms with E-state index in [1.54, 1.807) is 24.3 Å². The lowest BCUT2D eigenvalue weighted by Gasteiger charge is -2.35. The van der Waals surface area contributed by atoms with Crippen molar-refractivity contribution >= 4 is 27.5 Å². The molecule has 2 amide bonds. The Kier molecular flexibility index (Phi) is 12.5. The Morgan fingerprint density at radius 2 is 1.48 bits per heavy atom. The van der Waals surface area contributed by atoms with Gasteiger partial charge in [0.1, 0.15) is 18.3 Å².